The van der Waals surface area contributed by atoms with Gasteiger partial charge in [-0.2, -0.15) is 0 Å². The second kappa shape index (κ2) is 9.25. The van der Waals surface area contributed by atoms with Crippen LogP contribution in [-0.4, -0.2) is 54.5 Å². The van der Waals surface area contributed by atoms with Gasteiger partial charge in [-0.3, -0.25) is 19.8 Å². The Hall–Kier alpha value is -1.99. The molecule has 3 aliphatic heterocycles. The maximum atomic E-state index is 15.0. The number of imide groups is 1. The highest BCUT2D eigenvalue weighted by Crippen LogP contribution is 2.37. The van der Waals surface area contributed by atoms with Gasteiger partial charge in [-0.15, -0.1) is 0 Å². The minimum Gasteiger partial charge on any atom is -0.374 e. The van der Waals surface area contributed by atoms with E-state index in [1.165, 1.54) is 18.9 Å². The molecule has 3 fully saturated rings. The van der Waals surface area contributed by atoms with Gasteiger partial charge in [-0.25, -0.2) is 4.39 Å². The van der Waals surface area contributed by atoms with Crippen LogP contribution in [0.25, 0.3) is 0 Å². The molecule has 3 N–H and O–H groups in total. The lowest BCUT2D eigenvalue weighted by Crippen LogP contribution is -2.54. The van der Waals surface area contributed by atoms with Crippen LogP contribution in [0.5, 0.6) is 0 Å². The van der Waals surface area contributed by atoms with Crippen molar-refractivity contribution in [3.8, 4) is 0 Å². The van der Waals surface area contributed by atoms with Crippen molar-refractivity contribution in [1.29, 1.82) is 0 Å². The first-order valence-corrected chi connectivity index (χ1v) is 11.7. The average Bonchev–Trinajstić information content (AvgIpc) is 2.77. The molecule has 0 aromatic heterocycles. The smallest absolute Gasteiger partial charge is 0.249 e. The summed E-state index contributed by atoms with van der Waals surface area (Å²) in [6.45, 7) is 8.96. The summed E-state index contributed by atoms with van der Waals surface area (Å²) in [5, 5.41) is 8.85. The van der Waals surface area contributed by atoms with Crippen LogP contribution in [0.4, 0.5) is 10.1 Å². The molecule has 7 heteroatoms. The monoisotopic (exact) mass is 430 g/mol. The summed E-state index contributed by atoms with van der Waals surface area (Å²) < 4.78 is 15.0. The zero-order chi connectivity index (χ0) is 22.0. The molecule has 4 rings (SSSR count). The van der Waals surface area contributed by atoms with Crippen LogP contribution in [0, 0.1) is 11.7 Å². The number of halogens is 1. The highest BCUT2D eigenvalue weighted by atomic mass is 19.1. The Morgan fingerprint density at radius 3 is 2.42 bits per heavy atom. The highest BCUT2D eigenvalue weighted by molar-refractivity contribution is 6.01. The van der Waals surface area contributed by atoms with E-state index in [2.05, 4.69) is 34.7 Å². The van der Waals surface area contributed by atoms with Crippen molar-refractivity contribution in [3.05, 3.63) is 29.6 Å². The standard InChI is InChI=1S/C24H35FN4O2/c1-24(2,17-7-11-26-12-8-17)29-13-9-16(10-14-29)19-4-3-18(15-20(19)25)27-21-5-6-22(30)28-23(21)31/h3-4,15-17,21,26-27H,5-14H2,1-2H3,(H,28,30,31). The molecule has 170 valence electrons. The molecular formula is C24H35FN4O2. The molecule has 31 heavy (non-hydrogen) atoms. The first-order chi connectivity index (χ1) is 14.8. The molecular weight excluding hydrogens is 395 g/mol. The molecule has 3 saturated heterocycles. The molecule has 1 unspecified atom stereocenters. The Morgan fingerprint density at radius 1 is 1.06 bits per heavy atom. The molecule has 0 saturated carbocycles. The van der Waals surface area contributed by atoms with Gasteiger partial charge in [-0.1, -0.05) is 6.07 Å². The van der Waals surface area contributed by atoms with Crippen molar-refractivity contribution in [2.24, 2.45) is 5.92 Å². The van der Waals surface area contributed by atoms with Gasteiger partial charge in [0.15, 0.2) is 0 Å². The van der Waals surface area contributed by atoms with Crippen LogP contribution in [0.15, 0.2) is 18.2 Å². The lowest BCUT2D eigenvalue weighted by atomic mass is 9.77. The predicted octanol–water partition coefficient (Wildman–Crippen LogP) is 3.00. The van der Waals surface area contributed by atoms with Crippen LogP contribution in [0.2, 0.25) is 0 Å². The number of anilines is 1. The number of rotatable bonds is 5. The zero-order valence-corrected chi connectivity index (χ0v) is 18.7. The molecule has 1 aromatic carbocycles. The number of likely N-dealkylation sites (tertiary alicyclic amines) is 1. The fourth-order valence-electron chi connectivity index (χ4n) is 5.53. The van der Waals surface area contributed by atoms with Crippen LogP contribution in [0.1, 0.15) is 63.9 Å². The molecule has 0 aliphatic carbocycles. The van der Waals surface area contributed by atoms with Crippen molar-refractivity contribution in [2.45, 2.75) is 69.9 Å². The molecule has 6 nitrogen and oxygen atoms in total. The van der Waals surface area contributed by atoms with Gasteiger partial charge in [0.05, 0.1) is 0 Å². The Bertz CT molecular complexity index is 814. The first kappa shape index (κ1) is 22.2. The highest BCUT2D eigenvalue weighted by Gasteiger charge is 2.38. The number of amides is 2. The Kier molecular flexibility index (Phi) is 6.63. The molecule has 2 amide bonds. The van der Waals surface area contributed by atoms with Gasteiger partial charge < -0.3 is 10.6 Å². The minimum atomic E-state index is -0.497. The maximum absolute atomic E-state index is 15.0. The average molecular weight is 431 g/mol. The third-order valence-electron chi connectivity index (χ3n) is 7.67. The third-order valence-corrected chi connectivity index (χ3v) is 7.67. The summed E-state index contributed by atoms with van der Waals surface area (Å²) in [6.07, 6.45) is 5.11. The molecule has 1 aromatic rings. The van der Waals surface area contributed by atoms with Gasteiger partial charge in [0.2, 0.25) is 11.8 Å². The Morgan fingerprint density at radius 2 is 1.77 bits per heavy atom. The number of benzene rings is 1. The molecule has 1 atom stereocenters. The van der Waals surface area contributed by atoms with E-state index in [1.807, 2.05) is 12.1 Å². The van der Waals surface area contributed by atoms with Crippen molar-refractivity contribution in [2.75, 3.05) is 31.5 Å². The van der Waals surface area contributed by atoms with Crippen LogP contribution < -0.4 is 16.0 Å². The number of nitrogens with zero attached hydrogens (tertiary/aromatic N) is 1. The van der Waals surface area contributed by atoms with Crippen LogP contribution in [-0.2, 0) is 9.59 Å². The maximum Gasteiger partial charge on any atom is 0.249 e. The van der Waals surface area contributed by atoms with E-state index in [-0.39, 0.29) is 29.1 Å². The minimum absolute atomic E-state index is 0.182. The molecule has 0 spiro atoms. The number of carbonyl (C=O) groups excluding carboxylic acids is 2. The second-order valence-corrected chi connectivity index (χ2v) is 9.82. The van der Waals surface area contributed by atoms with Gasteiger partial charge in [0.1, 0.15) is 11.9 Å². The normalized spacial score (nSPS) is 24.8. The summed E-state index contributed by atoms with van der Waals surface area (Å²) in [5.74, 6) is 0.126. The van der Waals surface area contributed by atoms with Crippen molar-refractivity contribution in [3.63, 3.8) is 0 Å². The number of piperidine rings is 3. The van der Waals surface area contributed by atoms with E-state index in [0.717, 1.165) is 44.6 Å². The molecule has 3 aliphatic rings. The fourth-order valence-corrected chi connectivity index (χ4v) is 5.53. The van der Waals surface area contributed by atoms with E-state index in [9.17, 15) is 14.0 Å². The quantitative estimate of drug-likeness (QED) is 0.627. The van der Waals surface area contributed by atoms with Crippen molar-refractivity contribution >= 4 is 17.5 Å². The number of carbonyl (C=O) groups is 2. The summed E-state index contributed by atoms with van der Waals surface area (Å²) in [5.41, 5.74) is 1.54. The topological polar surface area (TPSA) is 73.5 Å². The second-order valence-electron chi connectivity index (χ2n) is 9.82. The fraction of sp³-hybridized carbons (Fsp3) is 0.667. The Labute approximate surface area is 184 Å². The number of nitrogens with one attached hydrogen (secondary N) is 3. The molecule has 0 bridgehead atoms. The Balaban J connectivity index is 1.35. The van der Waals surface area contributed by atoms with Crippen molar-refractivity contribution < 1.29 is 14.0 Å². The number of hydrogen-bond acceptors (Lipinski definition) is 5. The molecule has 3 heterocycles. The van der Waals surface area contributed by atoms with E-state index in [0.29, 0.717) is 24.4 Å². The van der Waals surface area contributed by atoms with Gasteiger partial charge in [-0.05, 0) is 102 Å². The largest absolute Gasteiger partial charge is 0.374 e. The summed E-state index contributed by atoms with van der Waals surface area (Å²) in [7, 11) is 0. The first-order valence-electron chi connectivity index (χ1n) is 11.7. The van der Waals surface area contributed by atoms with Gasteiger partial charge in [0, 0.05) is 17.6 Å². The van der Waals surface area contributed by atoms with E-state index < -0.39 is 6.04 Å². The van der Waals surface area contributed by atoms with Crippen LogP contribution >= 0.6 is 0 Å². The molecule has 0 radical (unpaired) electrons. The third kappa shape index (κ3) is 4.93. The van der Waals surface area contributed by atoms with Crippen molar-refractivity contribution in [1.82, 2.24) is 15.5 Å². The summed E-state index contributed by atoms with van der Waals surface area (Å²) in [4.78, 5) is 25.8. The lowest BCUT2D eigenvalue weighted by molar-refractivity contribution is -0.133. The van der Waals surface area contributed by atoms with Gasteiger partial charge in [0.25, 0.3) is 0 Å². The zero-order valence-electron chi connectivity index (χ0n) is 18.7. The number of hydrogen-bond donors (Lipinski definition) is 3. The van der Waals surface area contributed by atoms with E-state index in [1.54, 1.807) is 0 Å². The lowest BCUT2D eigenvalue weighted by Gasteiger charge is -2.48. The summed E-state index contributed by atoms with van der Waals surface area (Å²) >= 11 is 0. The van der Waals surface area contributed by atoms with Gasteiger partial charge >= 0.3 is 0 Å². The van der Waals surface area contributed by atoms with Crippen LogP contribution in [0.3, 0.4) is 0 Å². The predicted molar refractivity (Wildman–Crippen MR) is 119 cm³/mol. The SMILES string of the molecule is CC(C)(C1CCNCC1)N1CCC(c2ccc(NC3CCC(=O)NC3=O)cc2F)CC1. The van der Waals surface area contributed by atoms with E-state index in [4.69, 9.17) is 0 Å². The summed E-state index contributed by atoms with van der Waals surface area (Å²) in [6, 6.07) is 4.71. The van der Waals surface area contributed by atoms with E-state index >= 15 is 0 Å².